The second kappa shape index (κ2) is 7.83. The molecule has 2 aromatic carbocycles. The zero-order valence-corrected chi connectivity index (χ0v) is 18.7. The molecule has 0 spiro atoms. The minimum absolute atomic E-state index is 0.0833. The van der Waals surface area contributed by atoms with Crippen molar-refractivity contribution < 1.29 is 8.42 Å². The van der Waals surface area contributed by atoms with E-state index in [1.54, 1.807) is 24.3 Å². The molecule has 0 aliphatic rings. The number of hydrogen-bond acceptors (Lipinski definition) is 2. The van der Waals surface area contributed by atoms with Gasteiger partial charge in [-0.25, -0.2) is 0 Å². The van der Waals surface area contributed by atoms with Gasteiger partial charge in [0.05, 0.1) is 10.2 Å². The molecule has 0 heterocycles. The van der Waals surface area contributed by atoms with Crippen molar-refractivity contribution >= 4 is 23.4 Å². The van der Waals surface area contributed by atoms with Crippen LogP contribution in [0.5, 0.6) is 0 Å². The smallest absolute Gasteiger partial charge is 0.199 e. The summed E-state index contributed by atoms with van der Waals surface area (Å²) < 4.78 is 30.1. The Labute approximate surface area is 164 Å². The summed E-state index contributed by atoms with van der Waals surface area (Å²) in [4.78, 5) is 0.200. The minimum atomic E-state index is -3.80. The summed E-state index contributed by atoms with van der Waals surface area (Å²) in [5.41, 5.74) is 1.85. The van der Waals surface area contributed by atoms with Gasteiger partial charge >= 0.3 is 0 Å². The van der Waals surface area contributed by atoms with Crippen LogP contribution in [0.2, 0.25) is 18.1 Å². The van der Waals surface area contributed by atoms with E-state index in [9.17, 15) is 8.42 Å². The Kier molecular flexibility index (Phi) is 6.13. The number of aryl methyl sites for hydroxylation is 1. The molecule has 0 atom stereocenters. The predicted octanol–water partition coefficient (Wildman–Crippen LogP) is 5.22. The highest BCUT2D eigenvalue weighted by Crippen LogP contribution is 2.37. The molecule has 27 heavy (non-hydrogen) atoms. The second-order valence-electron chi connectivity index (χ2n) is 8.22. The van der Waals surface area contributed by atoms with E-state index in [-0.39, 0.29) is 9.93 Å². The molecule has 0 saturated carbocycles. The van der Waals surface area contributed by atoms with E-state index < -0.39 is 18.1 Å². The standard InChI is InChI=1S/C22H27NO2SSi/c1-18-12-15-20(16-13-18)26(24,25)23-21(27(5,6)22(2,3)4)17-14-19-10-8-7-9-11-19/h7-13,15-16H,1-6H3/b23-21+. The van der Waals surface area contributed by atoms with E-state index >= 15 is 0 Å². The van der Waals surface area contributed by atoms with Gasteiger partial charge in [-0.05, 0) is 36.2 Å². The highest BCUT2D eigenvalue weighted by Gasteiger charge is 2.40. The molecular formula is C22H27NO2SSi. The van der Waals surface area contributed by atoms with Crippen LogP contribution in [-0.2, 0) is 10.0 Å². The van der Waals surface area contributed by atoms with Crippen LogP contribution in [-0.4, -0.2) is 21.8 Å². The Morgan fingerprint density at radius 1 is 0.963 bits per heavy atom. The van der Waals surface area contributed by atoms with Crippen molar-refractivity contribution in [2.24, 2.45) is 4.40 Å². The lowest BCUT2D eigenvalue weighted by Crippen LogP contribution is -2.46. The summed E-state index contributed by atoms with van der Waals surface area (Å²) in [5, 5.41) is 0.416. The van der Waals surface area contributed by atoms with Gasteiger partial charge in [0, 0.05) is 5.56 Å². The van der Waals surface area contributed by atoms with Crippen LogP contribution in [0.15, 0.2) is 63.9 Å². The Bertz CT molecular complexity index is 988. The van der Waals surface area contributed by atoms with Crippen molar-refractivity contribution in [3.63, 3.8) is 0 Å². The quantitative estimate of drug-likeness (QED) is 0.405. The van der Waals surface area contributed by atoms with Gasteiger partial charge in [0.15, 0.2) is 0 Å². The maximum Gasteiger partial charge on any atom is 0.282 e. The summed E-state index contributed by atoms with van der Waals surface area (Å²) in [6, 6.07) is 16.3. The SMILES string of the molecule is Cc1ccc(S(=O)(=O)/N=C(\C#Cc2ccccc2)[Si](C)(C)C(C)(C)C)cc1. The molecule has 0 amide bonds. The summed E-state index contributed by atoms with van der Waals surface area (Å²) >= 11 is 0. The second-order valence-corrected chi connectivity index (χ2v) is 15.0. The van der Waals surface area contributed by atoms with Gasteiger partial charge in [0.2, 0.25) is 0 Å². The van der Waals surface area contributed by atoms with Crippen molar-refractivity contribution in [1.82, 2.24) is 0 Å². The Morgan fingerprint density at radius 3 is 2.04 bits per heavy atom. The van der Waals surface area contributed by atoms with Gasteiger partial charge in [0.25, 0.3) is 10.0 Å². The Morgan fingerprint density at radius 2 is 1.52 bits per heavy atom. The molecule has 0 aliphatic carbocycles. The highest BCUT2D eigenvalue weighted by atomic mass is 32.2. The van der Waals surface area contributed by atoms with Gasteiger partial charge in [-0.2, -0.15) is 12.8 Å². The fourth-order valence-electron chi connectivity index (χ4n) is 2.18. The molecule has 0 unspecified atom stereocenters. The molecule has 2 rings (SSSR count). The predicted molar refractivity (Wildman–Crippen MR) is 116 cm³/mol. The summed E-state index contributed by atoms with van der Waals surface area (Å²) in [5.74, 6) is 6.20. The van der Waals surface area contributed by atoms with Crippen molar-refractivity contribution in [3.8, 4) is 11.8 Å². The average Bonchev–Trinajstić information content (AvgIpc) is 2.58. The normalized spacial score (nSPS) is 13.0. The van der Waals surface area contributed by atoms with Gasteiger partial charge in [-0.15, -0.1) is 0 Å². The van der Waals surface area contributed by atoms with Gasteiger partial charge in [-0.3, -0.25) is 0 Å². The Hall–Kier alpha value is -2.16. The maximum atomic E-state index is 12.9. The summed E-state index contributed by atoms with van der Waals surface area (Å²) in [6.45, 7) is 12.5. The Balaban J connectivity index is 2.60. The van der Waals surface area contributed by atoms with Crippen LogP contribution in [0.4, 0.5) is 0 Å². The molecule has 0 N–H and O–H groups in total. The zero-order chi connectivity index (χ0) is 20.3. The lowest BCUT2D eigenvalue weighted by Gasteiger charge is -2.35. The number of hydrogen-bond donors (Lipinski definition) is 0. The van der Waals surface area contributed by atoms with Crippen LogP contribution >= 0.6 is 0 Å². The van der Waals surface area contributed by atoms with Crippen molar-refractivity contribution in [3.05, 3.63) is 65.7 Å². The highest BCUT2D eigenvalue weighted by molar-refractivity contribution is 7.90. The number of rotatable bonds is 3. The summed E-state index contributed by atoms with van der Waals surface area (Å²) in [7, 11) is -6.05. The fourth-order valence-corrected chi connectivity index (χ4v) is 5.41. The lowest BCUT2D eigenvalue weighted by molar-refractivity contribution is 0.598. The third-order valence-corrected chi connectivity index (χ3v) is 11.7. The van der Waals surface area contributed by atoms with Gasteiger partial charge in [0.1, 0.15) is 8.07 Å². The largest absolute Gasteiger partial charge is 0.282 e. The molecule has 0 bridgehead atoms. The molecule has 0 fully saturated rings. The van der Waals surface area contributed by atoms with Crippen LogP contribution in [0.25, 0.3) is 0 Å². The third-order valence-electron chi connectivity index (χ3n) is 5.10. The van der Waals surface area contributed by atoms with E-state index in [0.29, 0.717) is 5.33 Å². The molecular weight excluding hydrogens is 370 g/mol. The first-order valence-electron chi connectivity index (χ1n) is 8.93. The fraction of sp³-hybridized carbons (Fsp3) is 0.318. The molecule has 0 aliphatic heterocycles. The molecule has 3 nitrogen and oxygen atoms in total. The molecule has 5 heteroatoms. The number of benzene rings is 2. The topological polar surface area (TPSA) is 46.5 Å². The minimum Gasteiger partial charge on any atom is -0.199 e. The third kappa shape index (κ3) is 5.18. The number of sulfonamides is 1. The number of nitrogens with zero attached hydrogens (tertiary/aromatic N) is 1. The first-order valence-corrected chi connectivity index (χ1v) is 13.4. The van der Waals surface area contributed by atoms with Gasteiger partial charge < -0.3 is 0 Å². The van der Waals surface area contributed by atoms with Crippen LogP contribution in [0.1, 0.15) is 31.9 Å². The van der Waals surface area contributed by atoms with Crippen LogP contribution in [0.3, 0.4) is 0 Å². The summed E-state index contributed by atoms with van der Waals surface area (Å²) in [6.07, 6.45) is 0. The molecule has 2 aromatic rings. The molecule has 142 valence electrons. The van der Waals surface area contributed by atoms with Crippen molar-refractivity contribution in [2.75, 3.05) is 0 Å². The molecule has 0 radical (unpaired) electrons. The maximum absolute atomic E-state index is 12.9. The van der Waals surface area contributed by atoms with Crippen molar-refractivity contribution in [1.29, 1.82) is 0 Å². The van der Waals surface area contributed by atoms with E-state index in [1.807, 2.05) is 37.3 Å². The molecule has 0 saturated heterocycles. The van der Waals surface area contributed by atoms with Crippen LogP contribution in [0, 0.1) is 18.8 Å². The molecule has 0 aromatic heterocycles. The lowest BCUT2D eigenvalue weighted by atomic mass is 10.2. The van der Waals surface area contributed by atoms with E-state index in [2.05, 4.69) is 50.1 Å². The van der Waals surface area contributed by atoms with E-state index in [0.717, 1.165) is 11.1 Å². The van der Waals surface area contributed by atoms with E-state index in [1.165, 1.54) is 0 Å². The monoisotopic (exact) mass is 397 g/mol. The zero-order valence-electron chi connectivity index (χ0n) is 16.9. The van der Waals surface area contributed by atoms with Gasteiger partial charge in [-0.1, -0.05) is 81.6 Å². The van der Waals surface area contributed by atoms with E-state index in [4.69, 9.17) is 0 Å². The van der Waals surface area contributed by atoms with Crippen LogP contribution < -0.4 is 0 Å². The van der Waals surface area contributed by atoms with Crippen molar-refractivity contribution in [2.45, 2.75) is 50.7 Å². The first-order chi connectivity index (χ1) is 12.4. The average molecular weight is 398 g/mol. The first kappa shape index (κ1) is 21.1.